The number of hydrogen-bond donors (Lipinski definition) is 2. The summed E-state index contributed by atoms with van der Waals surface area (Å²) >= 11 is 0. The second kappa shape index (κ2) is 5.68. The Hall–Kier alpha value is -1.12. The molecule has 0 aliphatic heterocycles. The van der Waals surface area contributed by atoms with Gasteiger partial charge in [0.05, 0.1) is 5.75 Å². The van der Waals surface area contributed by atoms with Crippen LogP contribution in [0.3, 0.4) is 0 Å². The molecule has 4 nitrogen and oxygen atoms in total. The van der Waals surface area contributed by atoms with E-state index >= 15 is 0 Å². The number of sulfonamides is 1. The van der Waals surface area contributed by atoms with Crippen molar-refractivity contribution in [1.82, 2.24) is 4.72 Å². The summed E-state index contributed by atoms with van der Waals surface area (Å²) in [5.74, 6) is -0.492. The molecular weight excluding hydrogens is 269 g/mol. The lowest BCUT2D eigenvalue weighted by molar-refractivity contribution is -0.121. The summed E-state index contributed by atoms with van der Waals surface area (Å²) in [6.45, 7) is -1.24. The van der Waals surface area contributed by atoms with Crippen LogP contribution >= 0.6 is 0 Å². The highest BCUT2D eigenvalue weighted by molar-refractivity contribution is 7.88. The summed E-state index contributed by atoms with van der Waals surface area (Å²) in [6, 6.07) is 6.31. The summed E-state index contributed by atoms with van der Waals surface area (Å²) < 4.78 is 59.9. The Morgan fingerprint density at radius 2 is 1.61 bits per heavy atom. The molecule has 0 fully saturated rings. The zero-order chi connectivity index (χ0) is 13.8. The molecule has 0 radical (unpaired) electrons. The summed E-state index contributed by atoms with van der Waals surface area (Å²) in [7, 11) is -3.99. The highest BCUT2D eigenvalue weighted by Crippen LogP contribution is 2.14. The summed E-state index contributed by atoms with van der Waals surface area (Å²) in [6.07, 6.45) is -4.56. The van der Waals surface area contributed by atoms with E-state index in [-0.39, 0.29) is 0 Å². The standard InChI is InChI=1S/C10H13F3N2O2S/c11-10(12,13)7-15-18(16,17)6-9-3-1-8(5-14)2-4-9/h1-4,15H,5-7,14H2. The molecule has 8 heteroatoms. The number of benzene rings is 1. The Morgan fingerprint density at radius 1 is 1.11 bits per heavy atom. The third-order valence-electron chi connectivity index (χ3n) is 2.11. The van der Waals surface area contributed by atoms with Gasteiger partial charge in [0.25, 0.3) is 0 Å². The van der Waals surface area contributed by atoms with Crippen LogP contribution in [0.1, 0.15) is 11.1 Å². The van der Waals surface area contributed by atoms with Gasteiger partial charge in [0.1, 0.15) is 6.54 Å². The SMILES string of the molecule is NCc1ccc(CS(=O)(=O)NCC(F)(F)F)cc1. The zero-order valence-corrected chi connectivity index (χ0v) is 10.2. The maximum Gasteiger partial charge on any atom is 0.402 e. The van der Waals surface area contributed by atoms with E-state index in [2.05, 4.69) is 0 Å². The average Bonchev–Trinajstić information content (AvgIpc) is 2.26. The maximum absolute atomic E-state index is 11.9. The van der Waals surface area contributed by atoms with Crippen molar-refractivity contribution in [3.05, 3.63) is 35.4 Å². The molecule has 0 heterocycles. The Kier molecular flexibility index (Phi) is 4.71. The minimum atomic E-state index is -4.56. The van der Waals surface area contributed by atoms with Gasteiger partial charge in [-0.3, -0.25) is 0 Å². The molecule has 0 unspecified atom stereocenters. The molecule has 3 N–H and O–H groups in total. The molecule has 0 spiro atoms. The smallest absolute Gasteiger partial charge is 0.326 e. The summed E-state index contributed by atoms with van der Waals surface area (Å²) in [5, 5.41) is 0. The van der Waals surface area contributed by atoms with E-state index < -0.39 is 28.5 Å². The van der Waals surface area contributed by atoms with Gasteiger partial charge in [0.2, 0.25) is 10.0 Å². The molecule has 0 atom stereocenters. The van der Waals surface area contributed by atoms with Crippen LogP contribution in [0.5, 0.6) is 0 Å². The molecular formula is C10H13F3N2O2S. The summed E-state index contributed by atoms with van der Waals surface area (Å²) in [5.41, 5.74) is 6.59. The third-order valence-corrected chi connectivity index (χ3v) is 3.41. The van der Waals surface area contributed by atoms with Gasteiger partial charge in [0, 0.05) is 6.54 Å². The van der Waals surface area contributed by atoms with Crippen molar-refractivity contribution >= 4 is 10.0 Å². The number of nitrogens with two attached hydrogens (primary N) is 1. The molecule has 1 rings (SSSR count). The van der Waals surface area contributed by atoms with E-state index in [1.54, 1.807) is 12.1 Å². The third kappa shape index (κ3) is 5.48. The highest BCUT2D eigenvalue weighted by atomic mass is 32.2. The molecule has 102 valence electrons. The van der Waals surface area contributed by atoms with Crippen molar-refractivity contribution in [3.8, 4) is 0 Å². The zero-order valence-electron chi connectivity index (χ0n) is 9.37. The second-order valence-electron chi connectivity index (χ2n) is 3.72. The van der Waals surface area contributed by atoms with Gasteiger partial charge in [-0.2, -0.15) is 13.2 Å². The maximum atomic E-state index is 11.9. The van der Waals surface area contributed by atoms with E-state index in [4.69, 9.17) is 5.73 Å². The van der Waals surface area contributed by atoms with Crippen LogP contribution in [0.2, 0.25) is 0 Å². The first-order chi connectivity index (χ1) is 8.22. The molecule has 0 saturated carbocycles. The minimum absolute atomic E-state index is 0.319. The van der Waals surface area contributed by atoms with Crippen molar-refractivity contribution in [3.63, 3.8) is 0 Å². The van der Waals surface area contributed by atoms with Gasteiger partial charge in [-0.15, -0.1) is 0 Å². The molecule has 1 aromatic rings. The van der Waals surface area contributed by atoms with E-state index in [1.807, 2.05) is 0 Å². The van der Waals surface area contributed by atoms with Crippen LogP contribution in [-0.4, -0.2) is 21.1 Å². The molecule has 0 aromatic heterocycles. The Bertz CT molecular complexity index is 483. The normalized spacial score (nSPS) is 12.7. The van der Waals surface area contributed by atoms with Gasteiger partial charge in [0.15, 0.2) is 0 Å². The van der Waals surface area contributed by atoms with E-state index in [1.165, 1.54) is 16.9 Å². The van der Waals surface area contributed by atoms with E-state index in [0.29, 0.717) is 12.1 Å². The van der Waals surface area contributed by atoms with Crippen LogP contribution in [0.4, 0.5) is 13.2 Å². The fraction of sp³-hybridized carbons (Fsp3) is 0.400. The van der Waals surface area contributed by atoms with Crippen LogP contribution < -0.4 is 10.5 Å². The first-order valence-corrected chi connectivity index (χ1v) is 6.69. The summed E-state index contributed by atoms with van der Waals surface area (Å²) in [4.78, 5) is 0. The fourth-order valence-electron chi connectivity index (χ4n) is 1.23. The Labute approximate surface area is 103 Å². The lowest BCUT2D eigenvalue weighted by Gasteiger charge is -2.09. The van der Waals surface area contributed by atoms with E-state index in [0.717, 1.165) is 5.56 Å². The molecule has 0 bridgehead atoms. The molecule has 0 aliphatic rings. The fourth-order valence-corrected chi connectivity index (χ4v) is 2.35. The first kappa shape index (κ1) is 14.9. The number of alkyl halides is 3. The van der Waals surface area contributed by atoms with Crippen LogP contribution in [0, 0.1) is 0 Å². The predicted molar refractivity (Wildman–Crippen MR) is 61.0 cm³/mol. The number of rotatable bonds is 5. The van der Waals surface area contributed by atoms with Crippen LogP contribution in [0.15, 0.2) is 24.3 Å². The van der Waals surface area contributed by atoms with Crippen LogP contribution in [0.25, 0.3) is 0 Å². The minimum Gasteiger partial charge on any atom is -0.326 e. The molecule has 0 amide bonds. The Morgan fingerprint density at radius 3 is 2.06 bits per heavy atom. The quantitative estimate of drug-likeness (QED) is 0.850. The highest BCUT2D eigenvalue weighted by Gasteiger charge is 2.29. The second-order valence-corrected chi connectivity index (χ2v) is 5.52. The van der Waals surface area contributed by atoms with Crippen molar-refractivity contribution in [2.75, 3.05) is 6.54 Å². The van der Waals surface area contributed by atoms with E-state index in [9.17, 15) is 21.6 Å². The lowest BCUT2D eigenvalue weighted by atomic mass is 10.1. The van der Waals surface area contributed by atoms with Crippen molar-refractivity contribution in [2.24, 2.45) is 5.73 Å². The van der Waals surface area contributed by atoms with Crippen molar-refractivity contribution in [2.45, 2.75) is 18.5 Å². The molecule has 0 aliphatic carbocycles. The number of halogens is 3. The monoisotopic (exact) mass is 282 g/mol. The first-order valence-electron chi connectivity index (χ1n) is 5.04. The van der Waals surface area contributed by atoms with Crippen LogP contribution in [-0.2, 0) is 22.3 Å². The van der Waals surface area contributed by atoms with Gasteiger partial charge in [-0.25, -0.2) is 13.1 Å². The van der Waals surface area contributed by atoms with Crippen molar-refractivity contribution < 1.29 is 21.6 Å². The topological polar surface area (TPSA) is 72.2 Å². The van der Waals surface area contributed by atoms with Gasteiger partial charge in [-0.05, 0) is 11.1 Å². The van der Waals surface area contributed by atoms with Gasteiger partial charge < -0.3 is 5.73 Å². The molecule has 0 saturated heterocycles. The van der Waals surface area contributed by atoms with Gasteiger partial charge >= 0.3 is 6.18 Å². The van der Waals surface area contributed by atoms with Gasteiger partial charge in [-0.1, -0.05) is 24.3 Å². The predicted octanol–water partition coefficient (Wildman–Crippen LogP) is 1.13. The average molecular weight is 282 g/mol. The number of hydrogen-bond acceptors (Lipinski definition) is 3. The Balaban J connectivity index is 2.64. The molecule has 18 heavy (non-hydrogen) atoms. The number of nitrogens with one attached hydrogen (secondary N) is 1. The molecule has 1 aromatic carbocycles. The largest absolute Gasteiger partial charge is 0.402 e. The van der Waals surface area contributed by atoms with Crippen molar-refractivity contribution in [1.29, 1.82) is 0 Å². The lowest BCUT2D eigenvalue weighted by Crippen LogP contribution is -2.34.